The minimum atomic E-state index is -3.81. The number of primary sulfonamides is 1. The van der Waals surface area contributed by atoms with Crippen molar-refractivity contribution in [1.29, 1.82) is 0 Å². The number of likely N-dealkylation sites (tertiary alicyclic amines) is 1. The maximum atomic E-state index is 12.2. The van der Waals surface area contributed by atoms with Gasteiger partial charge in [0.1, 0.15) is 4.92 Å². The Balaban J connectivity index is 1.55. The summed E-state index contributed by atoms with van der Waals surface area (Å²) in [5, 5.41) is 18.2. The summed E-state index contributed by atoms with van der Waals surface area (Å²) in [5.74, 6) is -2.04. The first-order valence-corrected chi connectivity index (χ1v) is 9.17. The van der Waals surface area contributed by atoms with Crippen molar-refractivity contribution in [3.8, 4) is 0 Å². The maximum Gasteiger partial charge on any atom is 0.433 e. The summed E-state index contributed by atoms with van der Waals surface area (Å²) < 4.78 is 27.2. The molecule has 1 saturated heterocycles. The van der Waals surface area contributed by atoms with Crippen LogP contribution in [0.15, 0.2) is 45.7 Å². The first-order valence-electron chi connectivity index (χ1n) is 7.62. The highest BCUT2D eigenvalue weighted by atomic mass is 32.2. The molecule has 12 heteroatoms. The second-order valence-corrected chi connectivity index (χ2v) is 7.42. The molecule has 1 aliphatic heterocycles. The van der Waals surface area contributed by atoms with Crippen molar-refractivity contribution in [1.82, 2.24) is 4.90 Å². The summed E-state index contributed by atoms with van der Waals surface area (Å²) in [4.78, 5) is 35.4. The Morgan fingerprint density at radius 2 is 1.81 bits per heavy atom. The van der Waals surface area contributed by atoms with Crippen molar-refractivity contribution >= 4 is 33.4 Å². The van der Waals surface area contributed by atoms with E-state index in [4.69, 9.17) is 9.56 Å². The number of nitrogens with zero attached hydrogens (tertiary/aromatic N) is 2. The molecule has 1 fully saturated rings. The molecule has 0 unspecified atom stereocenters. The van der Waals surface area contributed by atoms with Gasteiger partial charge >= 0.3 is 5.88 Å². The van der Waals surface area contributed by atoms with Crippen molar-refractivity contribution in [3.63, 3.8) is 0 Å². The molecule has 0 saturated carbocycles. The van der Waals surface area contributed by atoms with Gasteiger partial charge in [0, 0.05) is 18.8 Å². The van der Waals surface area contributed by atoms with E-state index in [0.29, 0.717) is 5.69 Å². The number of hydrogen-bond donors (Lipinski definition) is 2. The first-order chi connectivity index (χ1) is 12.6. The molecule has 1 aromatic heterocycles. The Kier molecular flexibility index (Phi) is 4.68. The smallest absolute Gasteiger partial charge is 0.395 e. The minimum absolute atomic E-state index is 0.0755. The highest BCUT2D eigenvalue weighted by Crippen LogP contribution is 2.23. The van der Waals surface area contributed by atoms with Crippen LogP contribution in [0.4, 0.5) is 11.6 Å². The average molecular weight is 394 g/mol. The third-order valence-electron chi connectivity index (χ3n) is 3.97. The molecule has 2 amide bonds. The van der Waals surface area contributed by atoms with Crippen LogP contribution >= 0.6 is 0 Å². The lowest BCUT2D eigenvalue weighted by atomic mass is 9.98. The van der Waals surface area contributed by atoms with Gasteiger partial charge in [-0.2, -0.15) is 0 Å². The second-order valence-electron chi connectivity index (χ2n) is 5.86. The molecule has 0 spiro atoms. The van der Waals surface area contributed by atoms with Gasteiger partial charge in [-0.05, 0) is 30.3 Å². The van der Waals surface area contributed by atoms with Crippen LogP contribution in [0, 0.1) is 16.0 Å². The minimum Gasteiger partial charge on any atom is -0.395 e. The molecule has 1 aliphatic rings. The largest absolute Gasteiger partial charge is 0.433 e. The Morgan fingerprint density at radius 1 is 1.19 bits per heavy atom. The van der Waals surface area contributed by atoms with Gasteiger partial charge < -0.3 is 14.6 Å². The van der Waals surface area contributed by atoms with E-state index >= 15 is 0 Å². The quantitative estimate of drug-likeness (QED) is 0.551. The summed E-state index contributed by atoms with van der Waals surface area (Å²) in [7, 11) is -3.81. The van der Waals surface area contributed by atoms with E-state index in [1.165, 1.54) is 35.2 Å². The standard InChI is InChI=1S/C15H14N4O7S/c16-27(24,25)11-3-1-10(2-4-11)17-14(20)9-7-18(8-9)15(21)12-5-6-13(26-12)19(22)23/h1-6,9H,7-8H2,(H,17,20)(H2,16,24,25). The number of nitrogens with one attached hydrogen (secondary N) is 1. The number of furan rings is 1. The molecule has 1 aromatic carbocycles. The predicted octanol–water partition coefficient (Wildman–Crippen LogP) is 0.546. The third kappa shape index (κ3) is 3.96. The van der Waals surface area contributed by atoms with Gasteiger partial charge in [0.15, 0.2) is 5.76 Å². The van der Waals surface area contributed by atoms with Gasteiger partial charge in [-0.15, -0.1) is 0 Å². The number of benzene rings is 1. The van der Waals surface area contributed by atoms with Crippen LogP contribution in [0.3, 0.4) is 0 Å². The molecule has 0 radical (unpaired) electrons. The lowest BCUT2D eigenvalue weighted by molar-refractivity contribution is -0.402. The SMILES string of the molecule is NS(=O)(=O)c1ccc(NC(=O)C2CN(C(=O)c3ccc([N+](=O)[O-])o3)C2)cc1. The number of amides is 2. The van der Waals surface area contributed by atoms with Crippen molar-refractivity contribution < 1.29 is 27.3 Å². The van der Waals surface area contributed by atoms with Crippen LogP contribution in [-0.2, 0) is 14.8 Å². The van der Waals surface area contributed by atoms with Gasteiger partial charge in [-0.3, -0.25) is 19.7 Å². The molecule has 0 bridgehead atoms. The Morgan fingerprint density at radius 3 is 2.33 bits per heavy atom. The number of carbonyl (C=O) groups excluding carboxylic acids is 2. The summed E-state index contributed by atoms with van der Waals surface area (Å²) in [6.07, 6.45) is 0. The lowest BCUT2D eigenvalue weighted by Gasteiger charge is -2.37. The molecule has 3 rings (SSSR count). The van der Waals surface area contributed by atoms with E-state index in [0.717, 1.165) is 6.07 Å². The van der Waals surface area contributed by atoms with Crippen molar-refractivity contribution in [2.75, 3.05) is 18.4 Å². The molecular formula is C15H14N4O7S. The number of sulfonamides is 1. The van der Waals surface area contributed by atoms with Gasteiger partial charge in [0.2, 0.25) is 15.9 Å². The number of nitro groups is 1. The van der Waals surface area contributed by atoms with Gasteiger partial charge in [0.25, 0.3) is 5.91 Å². The van der Waals surface area contributed by atoms with Crippen LogP contribution in [0.25, 0.3) is 0 Å². The van der Waals surface area contributed by atoms with Crippen molar-refractivity contribution in [3.05, 3.63) is 52.3 Å². The molecule has 3 N–H and O–H groups in total. The molecule has 2 aromatic rings. The molecule has 142 valence electrons. The zero-order chi connectivity index (χ0) is 19.8. The average Bonchev–Trinajstić information content (AvgIpc) is 3.03. The Labute approximate surface area is 152 Å². The fraction of sp³-hybridized carbons (Fsp3) is 0.200. The number of hydrogen-bond acceptors (Lipinski definition) is 7. The zero-order valence-electron chi connectivity index (χ0n) is 13.7. The molecule has 27 heavy (non-hydrogen) atoms. The molecule has 2 heterocycles. The van der Waals surface area contributed by atoms with Crippen LogP contribution < -0.4 is 10.5 Å². The first kappa shape index (κ1) is 18.5. The maximum absolute atomic E-state index is 12.2. The van der Waals surface area contributed by atoms with Gasteiger partial charge in [-0.1, -0.05) is 0 Å². The van der Waals surface area contributed by atoms with E-state index in [1.54, 1.807) is 0 Å². The summed E-state index contributed by atoms with van der Waals surface area (Å²) in [6.45, 7) is 0.267. The van der Waals surface area contributed by atoms with Crippen LogP contribution in [0.1, 0.15) is 10.6 Å². The van der Waals surface area contributed by atoms with Crippen LogP contribution in [-0.4, -0.2) is 43.1 Å². The van der Waals surface area contributed by atoms with E-state index in [9.17, 15) is 28.1 Å². The number of nitrogens with two attached hydrogens (primary N) is 1. The molecule has 0 atom stereocenters. The Hall–Kier alpha value is -3.25. The zero-order valence-corrected chi connectivity index (χ0v) is 14.5. The van der Waals surface area contributed by atoms with Gasteiger partial charge in [-0.25, -0.2) is 13.6 Å². The fourth-order valence-corrected chi connectivity index (χ4v) is 2.99. The number of rotatable bonds is 5. The van der Waals surface area contributed by atoms with E-state index in [-0.39, 0.29) is 29.7 Å². The monoisotopic (exact) mass is 394 g/mol. The summed E-state index contributed by atoms with van der Waals surface area (Å²) >= 11 is 0. The van der Waals surface area contributed by atoms with Crippen molar-refractivity contribution in [2.24, 2.45) is 11.1 Å². The van der Waals surface area contributed by atoms with Crippen LogP contribution in [0.5, 0.6) is 0 Å². The van der Waals surface area contributed by atoms with Crippen LogP contribution in [0.2, 0.25) is 0 Å². The normalized spacial score (nSPS) is 14.5. The lowest BCUT2D eigenvalue weighted by Crippen LogP contribution is -2.54. The summed E-state index contributed by atoms with van der Waals surface area (Å²) in [6, 6.07) is 7.64. The highest BCUT2D eigenvalue weighted by molar-refractivity contribution is 7.89. The number of carbonyl (C=O) groups is 2. The summed E-state index contributed by atoms with van der Waals surface area (Å²) in [5.41, 5.74) is 0.388. The number of anilines is 1. The predicted molar refractivity (Wildman–Crippen MR) is 91.2 cm³/mol. The third-order valence-corrected chi connectivity index (χ3v) is 4.90. The van der Waals surface area contributed by atoms with Gasteiger partial charge in [0.05, 0.1) is 16.9 Å². The van der Waals surface area contributed by atoms with E-state index in [1.807, 2.05) is 0 Å². The second kappa shape index (κ2) is 6.81. The van der Waals surface area contributed by atoms with E-state index in [2.05, 4.69) is 5.32 Å². The molecule has 0 aliphatic carbocycles. The highest BCUT2D eigenvalue weighted by Gasteiger charge is 2.37. The molecule has 11 nitrogen and oxygen atoms in total. The fourth-order valence-electron chi connectivity index (χ4n) is 2.48. The topological polar surface area (TPSA) is 166 Å². The van der Waals surface area contributed by atoms with E-state index < -0.39 is 32.7 Å². The molecular weight excluding hydrogens is 380 g/mol. The van der Waals surface area contributed by atoms with Crippen molar-refractivity contribution in [2.45, 2.75) is 4.90 Å². The Bertz CT molecular complexity index is 1010.